The monoisotopic (exact) mass is 493 g/mol. The van der Waals surface area contributed by atoms with Gasteiger partial charge in [0.25, 0.3) is 0 Å². The summed E-state index contributed by atoms with van der Waals surface area (Å²) >= 11 is 0. The predicted molar refractivity (Wildman–Crippen MR) is 56.1 cm³/mol. The van der Waals surface area contributed by atoms with Crippen LogP contribution in [0.3, 0.4) is 0 Å². The molecule has 0 aliphatic rings. The molecule has 0 fully saturated rings. The van der Waals surface area contributed by atoms with Crippen LogP contribution in [0.15, 0.2) is 32.0 Å². The second-order valence-corrected chi connectivity index (χ2v) is 0.447. The van der Waals surface area contributed by atoms with Crippen LogP contribution in [0.5, 0.6) is 0 Å². The maximum Gasteiger partial charge on any atom is 1.00 e. The molecule has 0 aliphatic carbocycles. The molecule has 0 spiro atoms. The third-order valence-corrected chi connectivity index (χ3v) is 0. The Morgan fingerprint density at radius 3 is 0.450 bits per heavy atom. The average molecular weight is 492 g/mol. The van der Waals surface area contributed by atoms with Gasteiger partial charge >= 0.3 is 29.6 Å². The first-order valence-corrected chi connectivity index (χ1v) is 2.19. The van der Waals surface area contributed by atoms with Gasteiger partial charge in [-0.1, -0.05) is 0 Å². The molecule has 1 radical (unpaired) electrons. The van der Waals surface area contributed by atoms with E-state index in [4.69, 9.17) is 60.7 Å². The summed E-state index contributed by atoms with van der Waals surface area (Å²) in [6.07, 6.45) is 0. The first-order valence-electron chi connectivity index (χ1n) is 2.19. The molecule has 20 heavy (non-hydrogen) atoms. The van der Waals surface area contributed by atoms with Crippen molar-refractivity contribution in [3.8, 4) is 0 Å². The van der Waals surface area contributed by atoms with Gasteiger partial charge < -0.3 is 62.1 Å². The second-order valence-electron chi connectivity index (χ2n) is 0.447. The molecular weight excluding hydrogens is 491 g/mol. The molecule has 0 N–H and O–H groups in total. The molecule has 119 valence electrons. The summed E-state index contributed by atoms with van der Waals surface area (Å²) in [7, 11) is 0. The summed E-state index contributed by atoms with van der Waals surface area (Å²) in [6.45, 7) is 0. The van der Waals surface area contributed by atoms with Crippen molar-refractivity contribution in [2.45, 2.75) is 0 Å². The molecule has 0 aromatic carbocycles. The van der Waals surface area contributed by atoms with Crippen LogP contribution >= 0.6 is 0 Å². The SMILES string of the molecule is O=N[O-].O=N[O-].O=N[O-].O=N[O-].O=N[O-].O=N[O-].[H-].[Ir].[Na+]. The van der Waals surface area contributed by atoms with Crippen molar-refractivity contribution in [3.05, 3.63) is 60.7 Å². The van der Waals surface area contributed by atoms with Gasteiger partial charge in [-0.05, 0) is 0 Å². The molecule has 0 saturated carbocycles. The third-order valence-electron chi connectivity index (χ3n) is 0. The van der Waals surface area contributed by atoms with Crippen molar-refractivity contribution in [1.82, 2.24) is 0 Å². The van der Waals surface area contributed by atoms with Crippen LogP contribution in [-0.4, -0.2) is 0 Å². The Balaban J connectivity index is -0.0000000114. The van der Waals surface area contributed by atoms with Gasteiger partial charge in [-0.25, -0.2) is 0 Å². The van der Waals surface area contributed by atoms with Crippen molar-refractivity contribution in [3.63, 3.8) is 0 Å². The Morgan fingerprint density at radius 1 is 0.450 bits per heavy atom. The topological polar surface area (TPSA) is 315 Å². The fraction of sp³-hybridized carbons (Fsp3) is 0. The fourth-order valence-electron chi connectivity index (χ4n) is 0. The molecule has 0 bridgehead atoms. The van der Waals surface area contributed by atoms with Crippen LogP contribution in [0.25, 0.3) is 0 Å². The smallest absolute Gasteiger partial charge is 1.00 e. The number of hydrogen-bond donors (Lipinski definition) is 0. The van der Waals surface area contributed by atoms with E-state index in [1.807, 2.05) is 0 Å². The van der Waals surface area contributed by atoms with Gasteiger partial charge in [0.1, 0.15) is 0 Å². The first-order chi connectivity index (χ1) is 8.49. The minimum Gasteiger partial charge on any atom is -1.00 e. The van der Waals surface area contributed by atoms with Crippen LogP contribution in [0.1, 0.15) is 1.43 Å². The predicted octanol–water partition coefficient (Wildman–Crippen LogP) is -1.38. The van der Waals surface area contributed by atoms with E-state index >= 15 is 0 Å². The van der Waals surface area contributed by atoms with E-state index in [9.17, 15) is 0 Å². The molecule has 0 aromatic heterocycles. The van der Waals surface area contributed by atoms with E-state index in [2.05, 4.69) is 0 Å². The maximum atomic E-state index is 8.00. The van der Waals surface area contributed by atoms with Crippen molar-refractivity contribution in [2.75, 3.05) is 0 Å². The van der Waals surface area contributed by atoms with Crippen LogP contribution in [0, 0.1) is 60.7 Å². The van der Waals surface area contributed by atoms with E-state index in [-0.39, 0.29) is 51.1 Å². The minimum absolute atomic E-state index is 0. The Bertz CT molecular complexity index is 125. The van der Waals surface area contributed by atoms with E-state index in [0.717, 1.165) is 32.0 Å². The number of hydrogen-bond acceptors (Lipinski definition) is 18. The van der Waals surface area contributed by atoms with Gasteiger partial charge in [0.2, 0.25) is 0 Å². The van der Waals surface area contributed by atoms with Gasteiger partial charge in [0.15, 0.2) is 0 Å². The van der Waals surface area contributed by atoms with Crippen molar-refractivity contribution in [2.24, 2.45) is 32.0 Å². The molecular formula is HIrN6NaO12-6. The van der Waals surface area contributed by atoms with Gasteiger partial charge in [0, 0.05) is 20.1 Å². The zero-order valence-electron chi connectivity index (χ0n) is 9.92. The Morgan fingerprint density at radius 2 is 0.450 bits per heavy atom. The summed E-state index contributed by atoms with van der Waals surface area (Å²) in [5, 5.41) is 54.0. The quantitative estimate of drug-likeness (QED) is 0.214. The number of nitrogens with zero attached hydrogens (tertiary/aromatic N) is 6. The Labute approximate surface area is 143 Å². The fourth-order valence-corrected chi connectivity index (χ4v) is 0. The van der Waals surface area contributed by atoms with E-state index in [1.54, 1.807) is 0 Å². The summed E-state index contributed by atoms with van der Waals surface area (Å²) in [6, 6.07) is 0. The molecule has 0 amide bonds. The van der Waals surface area contributed by atoms with Gasteiger partial charge in [0.05, 0.1) is 0 Å². The van der Waals surface area contributed by atoms with Crippen LogP contribution < -0.4 is 29.6 Å². The van der Waals surface area contributed by atoms with E-state index in [1.165, 1.54) is 0 Å². The zero-order valence-corrected chi connectivity index (χ0v) is 13.3. The van der Waals surface area contributed by atoms with Gasteiger partial charge in [-0.2, -0.15) is 0 Å². The molecule has 0 aromatic rings. The Hall–Kier alpha value is -1.95. The molecule has 0 saturated heterocycles. The molecule has 0 rings (SSSR count). The summed E-state index contributed by atoms with van der Waals surface area (Å²) in [5.74, 6) is 0. The van der Waals surface area contributed by atoms with Crippen molar-refractivity contribution < 1.29 is 51.1 Å². The standard InChI is InChI=1S/Ir.6HNO2.Na.H/c;6*2-1-3;;/h;6*(H,2,3);;/q;;;;;;;+1;-1/p-6. The van der Waals surface area contributed by atoms with Crippen LogP contribution in [0.4, 0.5) is 0 Å². The van der Waals surface area contributed by atoms with Crippen LogP contribution in [-0.2, 0) is 20.1 Å². The number of rotatable bonds is 0. The first kappa shape index (κ1) is 52.0. The average Bonchev–Trinajstić information content (AvgIpc) is 2.23. The largest absolute Gasteiger partial charge is 1.00 e. The van der Waals surface area contributed by atoms with Crippen LogP contribution in [0.2, 0.25) is 0 Å². The van der Waals surface area contributed by atoms with Crippen molar-refractivity contribution >= 4 is 0 Å². The zero-order chi connectivity index (χ0) is 16.2. The van der Waals surface area contributed by atoms with E-state index < -0.39 is 0 Å². The van der Waals surface area contributed by atoms with Crippen molar-refractivity contribution in [1.29, 1.82) is 0 Å². The maximum absolute atomic E-state index is 8.00. The Kier molecular flexibility index (Phi) is 696. The molecule has 0 aliphatic heterocycles. The molecule has 0 unspecified atom stereocenters. The van der Waals surface area contributed by atoms with Gasteiger partial charge in [-0.15, -0.1) is 32.0 Å². The molecule has 18 nitrogen and oxygen atoms in total. The minimum atomic E-state index is 0. The van der Waals surface area contributed by atoms with Gasteiger partial charge in [-0.3, -0.25) is 0 Å². The molecule has 20 heteroatoms. The van der Waals surface area contributed by atoms with E-state index in [0.29, 0.717) is 0 Å². The second kappa shape index (κ2) is 268. The summed E-state index contributed by atoms with van der Waals surface area (Å²) in [5.41, 5.74) is 0. The summed E-state index contributed by atoms with van der Waals surface area (Å²) in [4.78, 5) is 48.0. The normalized spacial score (nSPS) is 3.60. The summed E-state index contributed by atoms with van der Waals surface area (Å²) < 4.78 is 0. The molecule has 0 heterocycles. The third kappa shape index (κ3) is 955. The molecule has 0 atom stereocenters.